The molecule has 9 nitrogen and oxygen atoms in total. The smallest absolute Gasteiger partial charge is 0.321 e. The highest BCUT2D eigenvalue weighted by molar-refractivity contribution is 5.94. The third-order valence-corrected chi connectivity index (χ3v) is 5.42. The van der Waals surface area contributed by atoms with Crippen LogP contribution in [0.3, 0.4) is 0 Å². The molecular formula is C25H23N7O2. The molecule has 0 aliphatic rings. The highest BCUT2D eigenvalue weighted by Gasteiger charge is 2.14. The van der Waals surface area contributed by atoms with Crippen molar-refractivity contribution in [2.24, 2.45) is 0 Å². The van der Waals surface area contributed by atoms with Crippen molar-refractivity contribution in [3.05, 3.63) is 95.2 Å². The summed E-state index contributed by atoms with van der Waals surface area (Å²) in [7, 11) is 0. The number of hydrogen-bond donors (Lipinski definition) is 3. The van der Waals surface area contributed by atoms with E-state index in [4.69, 9.17) is 0 Å². The summed E-state index contributed by atoms with van der Waals surface area (Å²) in [5.74, 6) is 0.324. The Morgan fingerprint density at radius 2 is 1.88 bits per heavy atom. The van der Waals surface area contributed by atoms with E-state index in [0.717, 1.165) is 27.9 Å². The molecule has 0 aliphatic carbocycles. The van der Waals surface area contributed by atoms with Crippen LogP contribution in [0.5, 0.6) is 0 Å². The SMILES string of the molecule is CCNC(=O)Nc1nc2cc(-c3ccn(Cc4ccccc4)c(=O)c3)cc(-n3cccn3)c2[nH]1. The molecule has 3 heterocycles. The van der Waals surface area contributed by atoms with Crippen molar-refractivity contribution in [1.82, 2.24) is 29.6 Å². The fraction of sp³-hybridized carbons (Fsp3) is 0.120. The van der Waals surface area contributed by atoms with Crippen molar-refractivity contribution in [3.8, 4) is 16.8 Å². The first-order chi connectivity index (χ1) is 16.6. The van der Waals surface area contributed by atoms with Crippen LogP contribution in [0.25, 0.3) is 27.8 Å². The molecule has 3 N–H and O–H groups in total. The predicted octanol–water partition coefficient (Wildman–Crippen LogP) is 3.77. The minimum Gasteiger partial charge on any atom is -0.338 e. The van der Waals surface area contributed by atoms with Gasteiger partial charge in [0, 0.05) is 31.2 Å². The van der Waals surface area contributed by atoms with Gasteiger partial charge in [0.1, 0.15) is 0 Å². The van der Waals surface area contributed by atoms with Crippen molar-refractivity contribution in [2.45, 2.75) is 13.5 Å². The summed E-state index contributed by atoms with van der Waals surface area (Å²) >= 11 is 0. The van der Waals surface area contributed by atoms with E-state index in [-0.39, 0.29) is 11.6 Å². The number of fused-ring (bicyclic) bond motifs is 1. The zero-order chi connectivity index (χ0) is 23.5. The lowest BCUT2D eigenvalue weighted by Crippen LogP contribution is -2.28. The molecule has 9 heteroatoms. The number of nitrogens with zero attached hydrogens (tertiary/aromatic N) is 4. The molecule has 2 amide bonds. The number of carbonyl (C=O) groups is 1. The van der Waals surface area contributed by atoms with E-state index in [9.17, 15) is 9.59 Å². The first kappa shape index (κ1) is 21.2. The van der Waals surface area contributed by atoms with Gasteiger partial charge in [0.2, 0.25) is 5.95 Å². The van der Waals surface area contributed by atoms with Crippen LogP contribution >= 0.6 is 0 Å². The van der Waals surface area contributed by atoms with Crippen LogP contribution in [0.15, 0.2) is 84.0 Å². The second-order valence-corrected chi connectivity index (χ2v) is 7.78. The Hall–Kier alpha value is -4.66. The van der Waals surface area contributed by atoms with E-state index in [1.54, 1.807) is 27.7 Å². The standard InChI is InChI=1S/C25H23N7O2/c1-2-26-25(34)30-24-28-20-13-19(14-21(23(20)29-24)32-11-6-10-27-32)18-9-12-31(22(33)15-18)16-17-7-4-3-5-8-17/h3-15H,2,16H2,1H3,(H3,26,28,29,30,34). The molecule has 170 valence electrons. The van der Waals surface area contributed by atoms with Crippen molar-refractivity contribution < 1.29 is 4.79 Å². The van der Waals surface area contributed by atoms with Crippen LogP contribution < -0.4 is 16.2 Å². The Morgan fingerprint density at radius 1 is 1.03 bits per heavy atom. The Kier molecular flexibility index (Phi) is 5.65. The van der Waals surface area contributed by atoms with Crippen molar-refractivity contribution in [2.75, 3.05) is 11.9 Å². The molecule has 34 heavy (non-hydrogen) atoms. The predicted molar refractivity (Wildman–Crippen MR) is 131 cm³/mol. The lowest BCUT2D eigenvalue weighted by molar-refractivity contribution is 0.252. The van der Waals surface area contributed by atoms with Gasteiger partial charge < -0.3 is 14.9 Å². The maximum atomic E-state index is 12.9. The summed E-state index contributed by atoms with van der Waals surface area (Å²) in [6.07, 6.45) is 5.32. The highest BCUT2D eigenvalue weighted by Crippen LogP contribution is 2.29. The summed E-state index contributed by atoms with van der Waals surface area (Å²) < 4.78 is 3.39. The Bertz CT molecular complexity index is 1500. The summed E-state index contributed by atoms with van der Waals surface area (Å²) in [6, 6.07) is 18.7. The Balaban J connectivity index is 1.55. The summed E-state index contributed by atoms with van der Waals surface area (Å²) in [4.78, 5) is 32.5. The molecule has 5 aromatic rings. The maximum Gasteiger partial charge on any atom is 0.321 e. The molecular weight excluding hydrogens is 430 g/mol. The monoisotopic (exact) mass is 453 g/mol. The van der Waals surface area contributed by atoms with E-state index >= 15 is 0 Å². The second-order valence-electron chi connectivity index (χ2n) is 7.78. The number of aromatic amines is 1. The number of amides is 2. The van der Waals surface area contributed by atoms with Gasteiger partial charge in [0.25, 0.3) is 5.56 Å². The quantitative estimate of drug-likeness (QED) is 0.364. The maximum absolute atomic E-state index is 12.9. The summed E-state index contributed by atoms with van der Waals surface area (Å²) in [5.41, 5.74) is 4.66. The lowest BCUT2D eigenvalue weighted by Gasteiger charge is -2.10. The zero-order valence-electron chi connectivity index (χ0n) is 18.5. The molecule has 3 aromatic heterocycles. The number of carbonyl (C=O) groups excluding carboxylic acids is 1. The van der Waals surface area contributed by atoms with Gasteiger partial charge in [0.15, 0.2) is 0 Å². The van der Waals surface area contributed by atoms with E-state index in [1.807, 2.05) is 67.7 Å². The average Bonchev–Trinajstić information content (AvgIpc) is 3.50. The third-order valence-electron chi connectivity index (χ3n) is 5.42. The largest absolute Gasteiger partial charge is 0.338 e. The van der Waals surface area contributed by atoms with Gasteiger partial charge in [-0.1, -0.05) is 30.3 Å². The number of benzene rings is 2. The van der Waals surface area contributed by atoms with Gasteiger partial charge in [-0.15, -0.1) is 0 Å². The second kappa shape index (κ2) is 9.07. The van der Waals surface area contributed by atoms with Gasteiger partial charge in [-0.3, -0.25) is 10.1 Å². The van der Waals surface area contributed by atoms with E-state index in [0.29, 0.717) is 24.6 Å². The Morgan fingerprint density at radius 3 is 2.62 bits per heavy atom. The van der Waals surface area contributed by atoms with Crippen LogP contribution in [-0.4, -0.2) is 36.9 Å². The number of urea groups is 1. The van der Waals surface area contributed by atoms with Gasteiger partial charge in [-0.05, 0) is 47.9 Å². The minimum absolute atomic E-state index is 0.0947. The van der Waals surface area contributed by atoms with Crippen LogP contribution in [-0.2, 0) is 6.54 Å². The molecule has 0 aliphatic heterocycles. The number of imidazole rings is 1. The average molecular weight is 454 g/mol. The number of pyridine rings is 1. The zero-order valence-corrected chi connectivity index (χ0v) is 18.5. The van der Waals surface area contributed by atoms with Gasteiger partial charge >= 0.3 is 6.03 Å². The van der Waals surface area contributed by atoms with Gasteiger partial charge in [0.05, 0.1) is 23.3 Å². The van der Waals surface area contributed by atoms with E-state index in [2.05, 4.69) is 25.7 Å². The molecule has 0 bridgehead atoms. The highest BCUT2D eigenvalue weighted by atomic mass is 16.2. The number of hydrogen-bond acceptors (Lipinski definition) is 4. The molecule has 0 fully saturated rings. The molecule has 5 rings (SSSR count). The van der Waals surface area contributed by atoms with Crippen molar-refractivity contribution in [3.63, 3.8) is 0 Å². The number of H-pyrrole nitrogens is 1. The Labute approximate surface area is 195 Å². The number of nitrogens with one attached hydrogen (secondary N) is 3. The summed E-state index contributed by atoms with van der Waals surface area (Å²) in [5, 5.41) is 9.74. The van der Waals surface area contributed by atoms with E-state index in [1.165, 1.54) is 0 Å². The molecule has 0 atom stereocenters. The van der Waals surface area contributed by atoms with Crippen LogP contribution in [0.1, 0.15) is 12.5 Å². The first-order valence-corrected chi connectivity index (χ1v) is 10.9. The minimum atomic E-state index is -0.343. The van der Waals surface area contributed by atoms with Crippen LogP contribution in [0.2, 0.25) is 0 Å². The normalized spacial score (nSPS) is 11.0. The van der Waals surface area contributed by atoms with Gasteiger partial charge in [-0.25, -0.2) is 14.5 Å². The van der Waals surface area contributed by atoms with Crippen molar-refractivity contribution in [1.29, 1.82) is 0 Å². The molecule has 0 saturated carbocycles. The summed E-state index contributed by atoms with van der Waals surface area (Å²) in [6.45, 7) is 2.85. The molecule has 0 spiro atoms. The fourth-order valence-corrected chi connectivity index (χ4v) is 3.82. The third kappa shape index (κ3) is 4.31. The fourth-order valence-electron chi connectivity index (χ4n) is 3.82. The first-order valence-electron chi connectivity index (χ1n) is 10.9. The molecule has 0 saturated heterocycles. The van der Waals surface area contributed by atoms with Gasteiger partial charge in [-0.2, -0.15) is 5.10 Å². The van der Waals surface area contributed by atoms with E-state index < -0.39 is 0 Å². The number of anilines is 1. The van der Waals surface area contributed by atoms with Crippen molar-refractivity contribution >= 4 is 23.0 Å². The molecule has 0 radical (unpaired) electrons. The van der Waals surface area contributed by atoms with Crippen LogP contribution in [0.4, 0.5) is 10.7 Å². The molecule has 0 unspecified atom stereocenters. The topological polar surface area (TPSA) is 110 Å². The lowest BCUT2D eigenvalue weighted by atomic mass is 10.0. The number of aromatic nitrogens is 5. The molecule has 2 aromatic carbocycles. The van der Waals surface area contributed by atoms with Crippen LogP contribution in [0, 0.1) is 0 Å². The number of rotatable bonds is 6.